The molecule has 0 aromatic rings. The van der Waals surface area contributed by atoms with Crippen molar-refractivity contribution in [2.45, 2.75) is 19.4 Å². The van der Waals surface area contributed by atoms with Crippen LogP contribution in [0.3, 0.4) is 0 Å². The standard InChI is InChI=1S/C8H10N4O/c1-6(13)2-3-12-8(5-10)7(11)4-9/h3,6,13H,2,11H2,1H3/b8-7-,12-3?. The Kier molecular flexibility index (Phi) is 4.94. The van der Waals surface area contributed by atoms with Gasteiger partial charge in [-0.05, 0) is 6.92 Å². The van der Waals surface area contributed by atoms with Crippen LogP contribution in [-0.4, -0.2) is 17.4 Å². The lowest BCUT2D eigenvalue weighted by molar-refractivity contribution is 0.204. The van der Waals surface area contributed by atoms with Crippen LogP contribution >= 0.6 is 0 Å². The molecule has 1 unspecified atom stereocenters. The lowest BCUT2D eigenvalue weighted by Crippen LogP contribution is -2.01. The summed E-state index contributed by atoms with van der Waals surface area (Å²) in [5, 5.41) is 25.7. The van der Waals surface area contributed by atoms with Crippen LogP contribution in [0.15, 0.2) is 16.4 Å². The van der Waals surface area contributed by atoms with Gasteiger partial charge in [-0.1, -0.05) is 0 Å². The maximum Gasteiger partial charge on any atom is 0.174 e. The third kappa shape index (κ3) is 4.57. The predicted octanol–water partition coefficient (Wildman–Crippen LogP) is 0.0456. The third-order valence-corrected chi connectivity index (χ3v) is 1.15. The number of nitriles is 2. The molecule has 13 heavy (non-hydrogen) atoms. The molecule has 0 fully saturated rings. The second kappa shape index (κ2) is 5.76. The molecular formula is C8H10N4O. The van der Waals surface area contributed by atoms with E-state index in [1.807, 2.05) is 0 Å². The fraction of sp³-hybridized carbons (Fsp3) is 0.375. The van der Waals surface area contributed by atoms with Gasteiger partial charge in [-0.2, -0.15) is 10.5 Å². The van der Waals surface area contributed by atoms with Gasteiger partial charge in [-0.3, -0.25) is 0 Å². The summed E-state index contributed by atoms with van der Waals surface area (Å²) in [5.41, 5.74) is 4.82. The largest absolute Gasteiger partial charge is 0.393 e. The Balaban J connectivity index is 4.43. The van der Waals surface area contributed by atoms with Crippen molar-refractivity contribution in [1.29, 1.82) is 10.5 Å². The highest BCUT2D eigenvalue weighted by Gasteiger charge is 1.98. The van der Waals surface area contributed by atoms with Crippen LogP contribution in [0.4, 0.5) is 0 Å². The summed E-state index contributed by atoms with van der Waals surface area (Å²) in [6, 6.07) is 3.29. The van der Waals surface area contributed by atoms with E-state index in [0.717, 1.165) is 0 Å². The molecule has 68 valence electrons. The Morgan fingerprint density at radius 3 is 2.62 bits per heavy atom. The van der Waals surface area contributed by atoms with E-state index in [0.29, 0.717) is 6.42 Å². The van der Waals surface area contributed by atoms with E-state index in [9.17, 15) is 0 Å². The fourth-order valence-corrected chi connectivity index (χ4v) is 0.508. The number of hydrogen-bond acceptors (Lipinski definition) is 5. The van der Waals surface area contributed by atoms with Gasteiger partial charge in [0, 0.05) is 12.6 Å². The zero-order valence-corrected chi connectivity index (χ0v) is 7.23. The summed E-state index contributed by atoms with van der Waals surface area (Å²) in [4.78, 5) is 3.64. The normalized spacial score (nSPS) is 14.5. The van der Waals surface area contributed by atoms with Crippen LogP contribution in [0.1, 0.15) is 13.3 Å². The highest BCUT2D eigenvalue weighted by Crippen LogP contribution is 1.98. The van der Waals surface area contributed by atoms with E-state index in [1.165, 1.54) is 6.21 Å². The van der Waals surface area contributed by atoms with Gasteiger partial charge in [-0.25, -0.2) is 4.99 Å². The molecule has 0 radical (unpaired) electrons. The third-order valence-electron chi connectivity index (χ3n) is 1.15. The zero-order valence-electron chi connectivity index (χ0n) is 7.23. The summed E-state index contributed by atoms with van der Waals surface area (Å²) in [5.74, 6) is 0. The summed E-state index contributed by atoms with van der Waals surface area (Å²) < 4.78 is 0. The number of aliphatic hydroxyl groups excluding tert-OH is 1. The first kappa shape index (κ1) is 11.2. The Morgan fingerprint density at radius 2 is 2.23 bits per heavy atom. The molecule has 0 aliphatic carbocycles. The molecule has 0 amide bonds. The Bertz CT molecular complexity index is 303. The van der Waals surface area contributed by atoms with Crippen molar-refractivity contribution in [1.82, 2.24) is 0 Å². The highest BCUT2D eigenvalue weighted by atomic mass is 16.3. The number of hydrogen-bond donors (Lipinski definition) is 2. The zero-order chi connectivity index (χ0) is 10.3. The first-order valence-electron chi connectivity index (χ1n) is 3.62. The first-order chi connectivity index (χ1) is 6.11. The van der Waals surface area contributed by atoms with Gasteiger partial charge < -0.3 is 10.8 Å². The lowest BCUT2D eigenvalue weighted by Gasteiger charge is -1.95. The van der Waals surface area contributed by atoms with Crippen molar-refractivity contribution in [3.8, 4) is 12.1 Å². The average Bonchev–Trinajstić information content (AvgIpc) is 2.11. The van der Waals surface area contributed by atoms with E-state index in [-0.39, 0.29) is 11.4 Å². The SMILES string of the molecule is CC(O)CC=N/C(C#N)=C(\N)C#N. The summed E-state index contributed by atoms with van der Waals surface area (Å²) in [6.45, 7) is 1.59. The minimum absolute atomic E-state index is 0.122. The lowest BCUT2D eigenvalue weighted by atomic mass is 10.3. The Hall–Kier alpha value is -1.85. The van der Waals surface area contributed by atoms with Crippen LogP contribution in [0, 0.1) is 22.7 Å². The number of rotatable bonds is 3. The van der Waals surface area contributed by atoms with Crippen LogP contribution in [-0.2, 0) is 0 Å². The molecule has 0 aromatic heterocycles. The molecule has 0 aliphatic rings. The molecule has 1 atom stereocenters. The van der Waals surface area contributed by atoms with Gasteiger partial charge in [0.1, 0.15) is 17.8 Å². The monoisotopic (exact) mass is 178 g/mol. The van der Waals surface area contributed by atoms with Crippen LogP contribution in [0.5, 0.6) is 0 Å². The second-order valence-electron chi connectivity index (χ2n) is 2.38. The average molecular weight is 178 g/mol. The molecule has 0 saturated carbocycles. The van der Waals surface area contributed by atoms with E-state index < -0.39 is 6.10 Å². The highest BCUT2D eigenvalue weighted by molar-refractivity contribution is 5.61. The molecule has 5 heteroatoms. The summed E-state index contributed by atoms with van der Waals surface area (Å²) >= 11 is 0. The first-order valence-corrected chi connectivity index (χ1v) is 3.62. The molecule has 0 spiro atoms. The Morgan fingerprint density at radius 1 is 1.62 bits per heavy atom. The molecule has 0 rings (SSSR count). The smallest absolute Gasteiger partial charge is 0.174 e. The van der Waals surface area contributed by atoms with Gasteiger partial charge in [0.05, 0.1) is 6.10 Å². The van der Waals surface area contributed by atoms with Gasteiger partial charge >= 0.3 is 0 Å². The number of allylic oxidation sites excluding steroid dienone is 2. The van der Waals surface area contributed by atoms with Gasteiger partial charge in [0.2, 0.25) is 0 Å². The van der Waals surface area contributed by atoms with Crippen molar-refractivity contribution >= 4 is 6.21 Å². The van der Waals surface area contributed by atoms with Crippen molar-refractivity contribution in [2.24, 2.45) is 10.7 Å². The summed E-state index contributed by atoms with van der Waals surface area (Å²) in [7, 11) is 0. The molecular weight excluding hydrogens is 168 g/mol. The maximum absolute atomic E-state index is 8.85. The minimum atomic E-state index is -0.521. The maximum atomic E-state index is 8.85. The van der Waals surface area contributed by atoms with Crippen molar-refractivity contribution in [3.63, 3.8) is 0 Å². The minimum Gasteiger partial charge on any atom is -0.393 e. The molecule has 3 N–H and O–H groups in total. The van der Waals surface area contributed by atoms with Gasteiger partial charge in [-0.15, -0.1) is 0 Å². The second-order valence-corrected chi connectivity index (χ2v) is 2.38. The summed E-state index contributed by atoms with van der Waals surface area (Å²) in [6.07, 6.45) is 1.16. The van der Waals surface area contributed by atoms with E-state index in [1.54, 1.807) is 19.1 Å². The van der Waals surface area contributed by atoms with E-state index >= 15 is 0 Å². The fourth-order valence-electron chi connectivity index (χ4n) is 0.508. The number of aliphatic imine (C=N–C) groups is 1. The molecule has 0 bridgehead atoms. The van der Waals surface area contributed by atoms with Crippen LogP contribution in [0.25, 0.3) is 0 Å². The van der Waals surface area contributed by atoms with Gasteiger partial charge in [0.25, 0.3) is 0 Å². The molecule has 0 saturated heterocycles. The number of aliphatic hydroxyl groups is 1. The molecule has 5 nitrogen and oxygen atoms in total. The number of nitrogens with two attached hydrogens (primary N) is 1. The topological polar surface area (TPSA) is 106 Å². The van der Waals surface area contributed by atoms with E-state index in [2.05, 4.69) is 4.99 Å². The number of nitrogens with zero attached hydrogens (tertiary/aromatic N) is 3. The van der Waals surface area contributed by atoms with Gasteiger partial charge in [0.15, 0.2) is 5.70 Å². The van der Waals surface area contributed by atoms with Crippen molar-refractivity contribution in [3.05, 3.63) is 11.4 Å². The van der Waals surface area contributed by atoms with Crippen molar-refractivity contribution < 1.29 is 5.11 Å². The molecule has 0 heterocycles. The predicted molar refractivity (Wildman–Crippen MR) is 47.2 cm³/mol. The quantitative estimate of drug-likeness (QED) is 0.470. The Labute approximate surface area is 76.4 Å². The van der Waals surface area contributed by atoms with E-state index in [4.69, 9.17) is 21.4 Å². The van der Waals surface area contributed by atoms with Crippen molar-refractivity contribution in [2.75, 3.05) is 0 Å². The molecule has 0 aliphatic heterocycles. The van der Waals surface area contributed by atoms with Crippen LogP contribution < -0.4 is 5.73 Å². The molecule has 0 aromatic carbocycles. The van der Waals surface area contributed by atoms with Crippen LogP contribution in [0.2, 0.25) is 0 Å².